The minimum Gasteiger partial charge on any atom is -0.370 e. The minimum atomic E-state index is -5.25. The van der Waals surface area contributed by atoms with Gasteiger partial charge in [0.05, 0.1) is 18.9 Å². The third-order valence-corrected chi connectivity index (χ3v) is 16.7. The predicted octanol–water partition coefficient (Wildman–Crippen LogP) is 6.71. The molecule has 4 aromatic heterocycles. The summed E-state index contributed by atoms with van der Waals surface area (Å²) in [6, 6.07) is 13.2. The minimum absolute atomic E-state index is 0.0207. The van der Waals surface area contributed by atoms with Crippen LogP contribution in [0.4, 0.5) is 46.9 Å². The molecule has 2 aliphatic rings. The van der Waals surface area contributed by atoms with Crippen LogP contribution in [0.25, 0.3) is 0 Å². The summed E-state index contributed by atoms with van der Waals surface area (Å²) in [6.07, 6.45) is -8.69. The molecule has 31 heteroatoms. The second-order valence-corrected chi connectivity index (χ2v) is 23.1. The molecule has 6 heterocycles. The Labute approximate surface area is 455 Å². The van der Waals surface area contributed by atoms with E-state index >= 15 is 0 Å². The first-order valence-electron chi connectivity index (χ1n) is 24.0. The fourth-order valence-electron chi connectivity index (χ4n) is 8.60. The van der Waals surface area contributed by atoms with Crippen molar-refractivity contribution >= 4 is 107 Å². The lowest BCUT2D eigenvalue weighted by molar-refractivity contribution is -0.251. The lowest BCUT2D eigenvalue weighted by Gasteiger charge is -2.29. The highest BCUT2D eigenvalue weighted by atomic mass is 32.2. The standard InChI is InChI=1S/C46H48F6N14O6S5/c47-45(48,49)39(71)65-18-7-12-29(65)37(69)55-43-63-59-34(76-43)16-20-73-21-17-35-60-64-44(77-35)56-38(70)36-28(15-19-66(36)40(72)46(50,51)52)27-11-6-10-26(22-27)24-31(68)54-42-62-58-33(75-42)14-5-4-13-32-57-61-41(74-32)53-30(67)23-25-8-2-1-3-9-25/h1-3,6,8-11,22,28-29,36,39,71H,4-5,7,12-21,23-24H2,(H,53,61,67)(H,54,62,68)(H,55,63,69)(H,56,64,70)/t28?,29-,36-,39?/m0/s1. The van der Waals surface area contributed by atoms with Crippen LogP contribution in [0, 0.1) is 0 Å². The number of carbonyl (C=O) groups is 5. The quantitative estimate of drug-likeness (QED) is 0.0330. The average molecular weight is 1170 g/mol. The van der Waals surface area contributed by atoms with Gasteiger partial charge in [0, 0.05) is 44.7 Å². The van der Waals surface area contributed by atoms with E-state index in [0.29, 0.717) is 84.7 Å². The number of nitrogens with one attached hydrogen (secondary N) is 4. The molecule has 2 aromatic carbocycles. The Kier molecular flexibility index (Phi) is 19.3. The van der Waals surface area contributed by atoms with Crippen molar-refractivity contribution in [2.45, 2.75) is 107 Å². The second-order valence-electron chi connectivity index (χ2n) is 17.6. The smallest absolute Gasteiger partial charge is 0.370 e. The van der Waals surface area contributed by atoms with Crippen molar-refractivity contribution in [1.82, 2.24) is 50.6 Å². The van der Waals surface area contributed by atoms with Crippen molar-refractivity contribution < 1.29 is 55.4 Å². The van der Waals surface area contributed by atoms with Gasteiger partial charge in [0.2, 0.25) is 50.4 Å². The molecule has 0 saturated carbocycles. The number of aliphatic hydroxyl groups is 1. The average Bonchev–Trinajstić information content (AvgIpc) is 4.28. The van der Waals surface area contributed by atoms with E-state index in [1.165, 1.54) is 34.4 Å². The topological polar surface area (TPSA) is 263 Å². The van der Waals surface area contributed by atoms with Crippen LogP contribution in [0.15, 0.2) is 54.6 Å². The van der Waals surface area contributed by atoms with Gasteiger partial charge in [0.1, 0.15) is 26.1 Å². The number of anilines is 4. The summed E-state index contributed by atoms with van der Waals surface area (Å²) in [5, 5.41) is 56.3. The number of alkyl halides is 6. The van der Waals surface area contributed by atoms with Gasteiger partial charge in [0.15, 0.2) is 0 Å². The normalized spacial score (nSPS) is 17.3. The Morgan fingerprint density at radius 2 is 1.13 bits per heavy atom. The highest BCUT2D eigenvalue weighted by molar-refractivity contribution is 7.99. The zero-order chi connectivity index (χ0) is 54.7. The van der Waals surface area contributed by atoms with Crippen molar-refractivity contribution in [2.24, 2.45) is 0 Å². The van der Waals surface area contributed by atoms with Gasteiger partial charge in [0.25, 0.3) is 0 Å². The van der Waals surface area contributed by atoms with Crippen LogP contribution < -0.4 is 21.3 Å². The van der Waals surface area contributed by atoms with E-state index in [-0.39, 0.29) is 60.1 Å². The van der Waals surface area contributed by atoms with Crippen LogP contribution in [0.5, 0.6) is 0 Å². The monoisotopic (exact) mass is 1170 g/mol. The van der Waals surface area contributed by atoms with Crippen molar-refractivity contribution in [3.8, 4) is 0 Å². The molecule has 0 aliphatic carbocycles. The number of aliphatic hydroxyl groups excluding tert-OH is 1. The van der Waals surface area contributed by atoms with Crippen molar-refractivity contribution in [3.63, 3.8) is 0 Å². The molecule has 77 heavy (non-hydrogen) atoms. The van der Waals surface area contributed by atoms with Gasteiger partial charge in [-0.1, -0.05) is 99.9 Å². The van der Waals surface area contributed by atoms with Gasteiger partial charge in [-0.3, -0.25) is 39.5 Å². The summed E-state index contributed by atoms with van der Waals surface area (Å²) in [5.41, 5.74) is 1.85. The van der Waals surface area contributed by atoms with Crippen LogP contribution in [-0.4, -0.2) is 140 Å². The molecule has 410 valence electrons. The van der Waals surface area contributed by atoms with E-state index < -0.39 is 60.2 Å². The molecule has 2 saturated heterocycles. The number of amides is 5. The van der Waals surface area contributed by atoms with Crippen LogP contribution in [0.1, 0.15) is 74.7 Å². The molecule has 20 nitrogen and oxygen atoms in total. The Bertz CT molecular complexity index is 3000. The molecule has 0 bridgehead atoms. The summed E-state index contributed by atoms with van der Waals surface area (Å²) >= 11 is 6.15. The van der Waals surface area contributed by atoms with E-state index in [2.05, 4.69) is 62.1 Å². The third-order valence-electron chi connectivity index (χ3n) is 12.1. The van der Waals surface area contributed by atoms with Gasteiger partial charge in [-0.25, -0.2) is 0 Å². The number of likely N-dealkylation sites (tertiary alicyclic amines) is 2. The summed E-state index contributed by atoms with van der Waals surface area (Å²) in [4.78, 5) is 66.1. The first-order valence-corrected chi connectivity index (χ1v) is 28.4. The summed E-state index contributed by atoms with van der Waals surface area (Å²) in [7, 11) is 0. The number of halogens is 6. The number of carbonyl (C=O) groups excluding carboxylic acids is 5. The van der Waals surface area contributed by atoms with E-state index in [1.807, 2.05) is 30.3 Å². The Hall–Kier alpha value is -6.12. The first kappa shape index (κ1) is 57.1. The van der Waals surface area contributed by atoms with Crippen molar-refractivity contribution in [1.29, 1.82) is 0 Å². The van der Waals surface area contributed by atoms with Gasteiger partial charge in [-0.15, -0.1) is 40.8 Å². The number of nitrogens with zero attached hydrogens (tertiary/aromatic N) is 10. The maximum atomic E-state index is 13.9. The molecule has 0 spiro atoms. The zero-order valence-electron chi connectivity index (χ0n) is 40.4. The van der Waals surface area contributed by atoms with Crippen molar-refractivity contribution in [3.05, 3.63) is 91.3 Å². The highest BCUT2D eigenvalue weighted by Gasteiger charge is 2.52. The van der Waals surface area contributed by atoms with Crippen LogP contribution in [0.2, 0.25) is 0 Å². The lowest BCUT2D eigenvalue weighted by atomic mass is 9.89. The highest BCUT2D eigenvalue weighted by Crippen LogP contribution is 2.38. The number of aromatic nitrogens is 8. The van der Waals surface area contributed by atoms with E-state index in [9.17, 15) is 55.4 Å². The second kappa shape index (κ2) is 26.0. The summed E-state index contributed by atoms with van der Waals surface area (Å²) in [6.45, 7) is -0.442. The number of unbranched alkanes of at least 4 members (excludes halogenated alkanes) is 1. The molecular weight excluding hydrogens is 1120 g/mol. The predicted molar refractivity (Wildman–Crippen MR) is 277 cm³/mol. The van der Waals surface area contributed by atoms with E-state index in [0.717, 1.165) is 46.1 Å². The molecule has 2 aliphatic heterocycles. The third kappa shape index (κ3) is 16.0. The fourth-order valence-corrected chi connectivity index (χ4v) is 12.8. The first-order chi connectivity index (χ1) is 36.9. The van der Waals surface area contributed by atoms with Crippen molar-refractivity contribution in [2.75, 3.05) is 45.9 Å². The van der Waals surface area contributed by atoms with Gasteiger partial charge in [-0.2, -0.15) is 38.1 Å². The molecular formula is C46H48F6N14O6S5. The molecule has 6 aromatic rings. The van der Waals surface area contributed by atoms with Gasteiger partial charge >= 0.3 is 18.3 Å². The maximum absolute atomic E-state index is 13.9. The largest absolute Gasteiger partial charge is 0.471 e. The molecule has 2 fully saturated rings. The molecule has 8 rings (SSSR count). The number of hydrogen-bond donors (Lipinski definition) is 5. The number of thioether (sulfide) groups is 1. The Balaban J connectivity index is 0.776. The molecule has 5 amide bonds. The molecule has 0 radical (unpaired) electrons. The van der Waals surface area contributed by atoms with E-state index in [4.69, 9.17) is 0 Å². The van der Waals surface area contributed by atoms with Gasteiger partial charge in [-0.05, 0) is 60.3 Å². The zero-order valence-corrected chi connectivity index (χ0v) is 44.5. The fraction of sp³-hybridized carbons (Fsp3) is 0.457. The number of benzene rings is 2. The number of hydrogen-bond acceptors (Lipinski definition) is 20. The Morgan fingerprint density at radius 3 is 1.68 bits per heavy atom. The molecule has 4 atom stereocenters. The summed E-state index contributed by atoms with van der Waals surface area (Å²) in [5.74, 6) is -4.12. The van der Waals surface area contributed by atoms with Crippen LogP contribution in [0.3, 0.4) is 0 Å². The summed E-state index contributed by atoms with van der Waals surface area (Å²) < 4.78 is 80.9. The lowest BCUT2D eigenvalue weighted by Crippen LogP contribution is -2.51. The van der Waals surface area contributed by atoms with Gasteiger partial charge < -0.3 is 20.6 Å². The molecule has 5 N–H and O–H groups in total. The number of rotatable bonds is 23. The van der Waals surface area contributed by atoms with E-state index in [1.54, 1.807) is 24.3 Å². The maximum Gasteiger partial charge on any atom is 0.471 e. The Morgan fingerprint density at radius 1 is 0.623 bits per heavy atom. The van der Waals surface area contributed by atoms with Crippen LogP contribution >= 0.6 is 57.1 Å². The molecule has 2 unspecified atom stereocenters. The SMILES string of the molecule is O=C(Cc1ccccc1)Nc1nnc(CCCCc2nnc(NC(=O)Cc3cccc(C4CCN(C(=O)C(F)(F)F)[C@@H]4C(=O)Nc4nnc(CCSCCc5nnc(NC(=O)[C@@H]6CCCN6C(O)C(F)(F)F)s5)s4)c3)s2)s1. The van der Waals surface area contributed by atoms with Crippen LogP contribution in [-0.2, 0) is 62.5 Å². The number of aryl methyl sites for hydroxylation is 4.